The Kier molecular flexibility index (Phi) is 2.55. The number of nitrogens with zero attached hydrogens (tertiary/aromatic N) is 2. The van der Waals surface area contributed by atoms with Gasteiger partial charge in [0.05, 0.1) is 27.8 Å². The molecule has 0 unspecified atom stereocenters. The van der Waals surface area contributed by atoms with E-state index in [-0.39, 0.29) is 11.3 Å². The van der Waals surface area contributed by atoms with E-state index >= 15 is 0 Å². The van der Waals surface area contributed by atoms with Crippen molar-refractivity contribution in [1.82, 2.24) is 9.97 Å². The Morgan fingerprint density at radius 1 is 1.53 bits per heavy atom. The van der Waals surface area contributed by atoms with E-state index in [1.165, 1.54) is 23.6 Å². The lowest BCUT2D eigenvalue weighted by molar-refractivity contribution is 0.103. The Bertz CT molecular complexity index is 510. The summed E-state index contributed by atoms with van der Waals surface area (Å²) >= 11 is 1.21. The van der Waals surface area contributed by atoms with E-state index in [0.717, 1.165) is 6.20 Å². The van der Waals surface area contributed by atoms with Crippen LogP contribution in [-0.4, -0.2) is 15.8 Å². The second kappa shape index (κ2) is 3.86. The van der Waals surface area contributed by atoms with Crippen molar-refractivity contribution in [3.8, 4) is 0 Å². The van der Waals surface area contributed by atoms with Gasteiger partial charge in [-0.3, -0.25) is 9.78 Å². The SMILES string of the molecule is Cc1ncsc1C(=O)c1ccncc1F. The maximum atomic E-state index is 13.3. The van der Waals surface area contributed by atoms with E-state index in [2.05, 4.69) is 9.97 Å². The monoisotopic (exact) mass is 222 g/mol. The first-order valence-corrected chi connectivity index (χ1v) is 5.12. The summed E-state index contributed by atoms with van der Waals surface area (Å²) in [7, 11) is 0. The van der Waals surface area contributed by atoms with Crippen molar-refractivity contribution >= 4 is 17.1 Å². The van der Waals surface area contributed by atoms with Crippen LogP contribution in [0.3, 0.4) is 0 Å². The number of hydrogen-bond donors (Lipinski definition) is 0. The summed E-state index contributed by atoms with van der Waals surface area (Å²) in [5, 5.41) is 0. The van der Waals surface area contributed by atoms with Crippen LogP contribution in [0.15, 0.2) is 24.0 Å². The molecule has 2 aromatic rings. The van der Waals surface area contributed by atoms with E-state index in [1.54, 1.807) is 12.4 Å². The molecule has 0 radical (unpaired) electrons. The van der Waals surface area contributed by atoms with Crippen LogP contribution in [-0.2, 0) is 0 Å². The Morgan fingerprint density at radius 3 is 2.93 bits per heavy atom. The fourth-order valence-corrected chi connectivity index (χ4v) is 1.96. The van der Waals surface area contributed by atoms with Gasteiger partial charge in [-0.2, -0.15) is 0 Å². The molecule has 0 aliphatic heterocycles. The molecule has 0 aliphatic carbocycles. The van der Waals surface area contributed by atoms with Crippen molar-refractivity contribution in [3.63, 3.8) is 0 Å². The van der Waals surface area contributed by atoms with Gasteiger partial charge in [-0.05, 0) is 13.0 Å². The lowest BCUT2D eigenvalue weighted by Gasteiger charge is -1.99. The fraction of sp³-hybridized carbons (Fsp3) is 0.100. The number of carbonyl (C=O) groups is 1. The molecule has 2 heterocycles. The molecular weight excluding hydrogens is 215 g/mol. The standard InChI is InChI=1S/C10H7FN2OS/c1-6-10(15-5-13-6)9(14)7-2-3-12-4-8(7)11/h2-5H,1H3. The number of halogens is 1. The van der Waals surface area contributed by atoms with Crippen LogP contribution >= 0.6 is 11.3 Å². The normalized spacial score (nSPS) is 10.3. The molecule has 3 nitrogen and oxygen atoms in total. The van der Waals surface area contributed by atoms with Crippen LogP contribution in [0, 0.1) is 12.7 Å². The van der Waals surface area contributed by atoms with Gasteiger partial charge in [0, 0.05) is 6.20 Å². The van der Waals surface area contributed by atoms with Gasteiger partial charge in [-0.1, -0.05) is 0 Å². The number of aromatic nitrogens is 2. The molecule has 0 aliphatic rings. The zero-order valence-electron chi connectivity index (χ0n) is 7.90. The topological polar surface area (TPSA) is 42.9 Å². The number of ketones is 1. The zero-order valence-corrected chi connectivity index (χ0v) is 8.71. The number of rotatable bonds is 2. The molecule has 2 aromatic heterocycles. The summed E-state index contributed by atoms with van der Waals surface area (Å²) < 4.78 is 13.3. The minimum absolute atomic E-state index is 0.0392. The molecule has 76 valence electrons. The highest BCUT2D eigenvalue weighted by atomic mass is 32.1. The number of pyridine rings is 1. The van der Waals surface area contributed by atoms with Gasteiger partial charge in [-0.25, -0.2) is 9.37 Å². The van der Waals surface area contributed by atoms with Gasteiger partial charge in [0.2, 0.25) is 5.78 Å². The van der Waals surface area contributed by atoms with Crippen molar-refractivity contribution in [2.75, 3.05) is 0 Å². The highest BCUT2D eigenvalue weighted by Gasteiger charge is 2.17. The summed E-state index contributed by atoms with van der Waals surface area (Å²) in [6, 6.07) is 1.37. The Balaban J connectivity index is 2.46. The molecule has 15 heavy (non-hydrogen) atoms. The second-order valence-electron chi connectivity index (χ2n) is 2.95. The van der Waals surface area contributed by atoms with Crippen LogP contribution in [0.1, 0.15) is 20.9 Å². The molecule has 0 fully saturated rings. The van der Waals surface area contributed by atoms with Crippen LogP contribution in [0.4, 0.5) is 4.39 Å². The lowest BCUT2D eigenvalue weighted by atomic mass is 10.1. The average molecular weight is 222 g/mol. The third-order valence-corrected chi connectivity index (χ3v) is 2.90. The minimum atomic E-state index is -0.602. The van der Waals surface area contributed by atoms with Crippen molar-refractivity contribution in [1.29, 1.82) is 0 Å². The Morgan fingerprint density at radius 2 is 2.33 bits per heavy atom. The summed E-state index contributed by atoms with van der Waals surface area (Å²) in [6.07, 6.45) is 2.43. The summed E-state index contributed by atoms with van der Waals surface area (Å²) in [5.74, 6) is -0.940. The van der Waals surface area contributed by atoms with Gasteiger partial charge in [0.1, 0.15) is 0 Å². The van der Waals surface area contributed by atoms with E-state index in [9.17, 15) is 9.18 Å². The Hall–Kier alpha value is -1.62. The second-order valence-corrected chi connectivity index (χ2v) is 3.81. The molecule has 0 N–H and O–H groups in total. The highest BCUT2D eigenvalue weighted by molar-refractivity contribution is 7.12. The summed E-state index contributed by atoms with van der Waals surface area (Å²) in [4.78, 5) is 19.9. The van der Waals surface area contributed by atoms with Gasteiger partial charge >= 0.3 is 0 Å². The molecule has 0 bridgehead atoms. The third-order valence-electron chi connectivity index (χ3n) is 1.97. The van der Waals surface area contributed by atoms with Crippen LogP contribution in [0.2, 0.25) is 0 Å². The first-order valence-electron chi connectivity index (χ1n) is 4.24. The van der Waals surface area contributed by atoms with Crippen LogP contribution in [0.5, 0.6) is 0 Å². The quantitative estimate of drug-likeness (QED) is 0.732. The smallest absolute Gasteiger partial charge is 0.207 e. The first kappa shape index (κ1) is 9.92. The third kappa shape index (κ3) is 1.78. The molecule has 0 amide bonds. The van der Waals surface area contributed by atoms with Gasteiger partial charge in [-0.15, -0.1) is 11.3 Å². The predicted molar refractivity (Wildman–Crippen MR) is 54.5 cm³/mol. The minimum Gasteiger partial charge on any atom is -0.288 e. The van der Waals surface area contributed by atoms with E-state index < -0.39 is 5.82 Å². The molecule has 0 saturated carbocycles. The Labute approximate surface area is 89.6 Å². The highest BCUT2D eigenvalue weighted by Crippen LogP contribution is 2.18. The number of hydrogen-bond acceptors (Lipinski definition) is 4. The van der Waals surface area contributed by atoms with Gasteiger partial charge < -0.3 is 0 Å². The van der Waals surface area contributed by atoms with E-state index in [0.29, 0.717) is 10.6 Å². The molecule has 5 heteroatoms. The van der Waals surface area contributed by atoms with Crippen LogP contribution in [0.25, 0.3) is 0 Å². The van der Waals surface area contributed by atoms with E-state index in [4.69, 9.17) is 0 Å². The molecule has 0 aromatic carbocycles. The van der Waals surface area contributed by atoms with Gasteiger partial charge in [0.15, 0.2) is 5.82 Å². The number of carbonyl (C=O) groups excluding carboxylic acids is 1. The average Bonchev–Trinajstić information content (AvgIpc) is 2.64. The largest absolute Gasteiger partial charge is 0.288 e. The lowest BCUT2D eigenvalue weighted by Crippen LogP contribution is -2.04. The summed E-state index contributed by atoms with van der Waals surface area (Å²) in [5.41, 5.74) is 2.24. The molecular formula is C10H7FN2OS. The van der Waals surface area contributed by atoms with Crippen LogP contribution < -0.4 is 0 Å². The fourth-order valence-electron chi connectivity index (χ4n) is 1.20. The maximum Gasteiger partial charge on any atom is 0.207 e. The zero-order chi connectivity index (χ0) is 10.8. The van der Waals surface area contributed by atoms with Crippen molar-refractivity contribution in [2.45, 2.75) is 6.92 Å². The van der Waals surface area contributed by atoms with Gasteiger partial charge in [0.25, 0.3) is 0 Å². The van der Waals surface area contributed by atoms with E-state index in [1.807, 2.05) is 0 Å². The molecule has 0 saturated heterocycles. The number of thiazole rings is 1. The summed E-state index contributed by atoms with van der Waals surface area (Å²) in [6.45, 7) is 1.73. The van der Waals surface area contributed by atoms with Crippen molar-refractivity contribution < 1.29 is 9.18 Å². The number of aryl methyl sites for hydroxylation is 1. The molecule has 2 rings (SSSR count). The molecule has 0 atom stereocenters. The molecule has 0 spiro atoms. The first-order chi connectivity index (χ1) is 7.20. The predicted octanol–water partition coefficient (Wildman–Crippen LogP) is 2.22. The maximum absolute atomic E-state index is 13.3. The van der Waals surface area contributed by atoms with Crippen molar-refractivity contribution in [3.05, 3.63) is 45.9 Å². The van der Waals surface area contributed by atoms with Crippen molar-refractivity contribution in [2.24, 2.45) is 0 Å².